The largest absolute Gasteiger partial charge is 0.388 e. The second-order valence-corrected chi connectivity index (χ2v) is 29.5. The smallest absolute Gasteiger partial charge is 0.270 e. The molecule has 98 heavy (non-hydrogen) atoms. The Morgan fingerprint density at radius 1 is 0.480 bits per heavy atom. The predicted octanol–water partition coefficient (Wildman–Crippen LogP) is 1.18. The molecule has 2 fully saturated rings. The molecule has 0 radical (unpaired) electrons. The minimum Gasteiger partial charge on any atom is -0.388 e. The fourth-order valence-corrected chi connectivity index (χ4v) is 14.1. The number of carbonyl (C=O) groups excluding carboxylic acids is 12. The summed E-state index contributed by atoms with van der Waals surface area (Å²) >= 11 is 0. The second-order valence-electron chi connectivity index (χ2n) is 29.5. The minimum atomic E-state index is -2.29. The van der Waals surface area contributed by atoms with E-state index in [2.05, 4.69) is 10.6 Å². The van der Waals surface area contributed by atoms with E-state index in [1.54, 1.807) is 109 Å². The number of amides is 12. The average molecular weight is 1380 g/mol. The van der Waals surface area contributed by atoms with Crippen LogP contribution in [0.5, 0.6) is 0 Å². The number of hydrogen-bond donors (Lipinski definition) is 6. The molecule has 2 saturated heterocycles. The summed E-state index contributed by atoms with van der Waals surface area (Å²) in [5, 5.41) is 54.3. The maximum atomic E-state index is 15.5. The van der Waals surface area contributed by atoms with Crippen molar-refractivity contribution in [3.8, 4) is 0 Å². The van der Waals surface area contributed by atoms with Crippen LogP contribution in [0.25, 0.3) is 0 Å². The number of carbonyl (C=O) groups is 12. The van der Waals surface area contributed by atoms with Gasteiger partial charge < -0.3 is 75.0 Å². The van der Waals surface area contributed by atoms with E-state index >= 15 is 28.8 Å². The summed E-state index contributed by atoms with van der Waals surface area (Å²) in [5.74, 6) is -14.6. The van der Waals surface area contributed by atoms with Gasteiger partial charge in [-0.1, -0.05) is 134 Å². The van der Waals surface area contributed by atoms with Gasteiger partial charge in [0.2, 0.25) is 71.2 Å². The van der Waals surface area contributed by atoms with E-state index < -0.39 is 210 Å². The first-order valence-corrected chi connectivity index (χ1v) is 34.2. The Bertz CT molecular complexity index is 3100. The molecule has 15 atom stereocenters. The summed E-state index contributed by atoms with van der Waals surface area (Å²) in [6.07, 6.45) is -3.53. The number of benzene rings is 1. The highest BCUT2D eigenvalue weighted by Gasteiger charge is 2.64. The molecule has 29 nitrogen and oxygen atoms in total. The van der Waals surface area contributed by atoms with Crippen molar-refractivity contribution in [1.29, 1.82) is 0 Å². The predicted molar refractivity (Wildman–Crippen MR) is 365 cm³/mol. The molecule has 12 amide bonds. The lowest BCUT2D eigenvalue weighted by Crippen LogP contribution is -2.64. The molecule has 3 aliphatic heterocycles. The number of nitrogens with zero attached hydrogens (tertiary/aromatic N) is 11. The SMILES string of the molecule is CC[C@H](C)[C@@H]1NC(=O)[C@H](C(C)C)N(C)C(=O)[C@@H]2C[C@@]3(O)c4ccccc4N(O)[C@H]3N2C(=O)CN(C)C(=O)[C@H]([C@@H](C)CC)N(C)C(=O)[C@@H](C(C)C)NC(=O)[C@@H](O)N(C)C(=O)[C@H]([C@@H](C)CC)N(C)C(=O)C(C(C)(C)O)N(C)C(=O)CN(C)C(=O)[C@H](C(C)C)N(C)C(=O)[C@H](C(C)C)N(C)C1=O. The van der Waals surface area contributed by atoms with Crippen molar-refractivity contribution in [2.75, 3.05) is 81.6 Å². The number of aliphatic hydroxyl groups excluding tert-OH is 1. The monoisotopic (exact) mass is 1380 g/mol. The van der Waals surface area contributed by atoms with Gasteiger partial charge in [-0.3, -0.25) is 62.7 Å². The first-order valence-electron chi connectivity index (χ1n) is 34.2. The Labute approximate surface area is 579 Å². The fourth-order valence-electron chi connectivity index (χ4n) is 14.1. The molecule has 6 N–H and O–H groups in total. The van der Waals surface area contributed by atoms with E-state index in [4.69, 9.17) is 0 Å². The molecule has 3 aliphatic rings. The van der Waals surface area contributed by atoms with Crippen LogP contribution in [-0.4, -0.2) is 289 Å². The van der Waals surface area contributed by atoms with Crippen molar-refractivity contribution in [3.63, 3.8) is 0 Å². The minimum absolute atomic E-state index is 0.132. The van der Waals surface area contributed by atoms with Crippen molar-refractivity contribution in [2.45, 2.75) is 214 Å². The van der Waals surface area contributed by atoms with Crippen LogP contribution in [0.15, 0.2) is 24.3 Å². The van der Waals surface area contributed by atoms with Crippen molar-refractivity contribution in [2.24, 2.45) is 41.4 Å². The van der Waals surface area contributed by atoms with Crippen molar-refractivity contribution in [1.82, 2.24) is 59.6 Å². The number of fused-ring (bicyclic) bond motifs is 5. The highest BCUT2D eigenvalue weighted by atomic mass is 16.5. The number of aliphatic hydroxyl groups is 3. The topological polar surface area (TPSA) is 345 Å². The number of para-hydroxylation sites is 1. The van der Waals surface area contributed by atoms with E-state index in [-0.39, 0.29) is 17.7 Å². The normalized spacial score (nSPS) is 29.0. The lowest BCUT2D eigenvalue weighted by atomic mass is 9.90. The number of likely N-dealkylation sites (N-methyl/N-ethyl adjacent to an activating group) is 9. The standard InChI is InChI=1S/C69H115N13O16/c1-26-40(12)49-60(89)76(21)52(39(10)11)63(92)77(22)51(38(8)9)61(90)72(17)34-46(83)74(19)55(68(15,16)96)65(94)79(24)54(42(14)28-3)64(93)80(25)66(95)57(86)70-48(36(4)5)59(88)78(23)53(41(13)27-2)62(91)73(18)35-47(84)81-45(58(87)75(20)50(37(6)7)56(85)71-49)33-69(97)43-31-29-30-32-44(43)82(98)67(69)81/h29-32,36-42,45,48-55,66-67,95-98H,26-28,33-35H2,1-25H3,(H,70,86)(H,71,85)/t40-,41-,42-,45-,48+,49-,50-,51-,52-,53-,54-,55?,66+,67+,69+/m0/s1. The zero-order valence-electron chi connectivity index (χ0n) is 62.6. The van der Waals surface area contributed by atoms with Crippen LogP contribution in [0.3, 0.4) is 0 Å². The summed E-state index contributed by atoms with van der Waals surface area (Å²) in [6.45, 7) is 24.8. The number of nitrogens with one attached hydrogen (secondary N) is 2. The molecular formula is C69H115N13O16. The van der Waals surface area contributed by atoms with Gasteiger partial charge in [0.25, 0.3) is 5.91 Å². The van der Waals surface area contributed by atoms with Gasteiger partial charge in [0, 0.05) is 75.4 Å². The van der Waals surface area contributed by atoms with Crippen LogP contribution in [0.2, 0.25) is 0 Å². The van der Waals surface area contributed by atoms with Crippen LogP contribution >= 0.6 is 0 Å². The van der Waals surface area contributed by atoms with Gasteiger partial charge in [0.1, 0.15) is 60.0 Å². The van der Waals surface area contributed by atoms with Gasteiger partial charge in [-0.25, -0.2) is 5.06 Å². The lowest BCUT2D eigenvalue weighted by Gasteiger charge is -2.42. The van der Waals surface area contributed by atoms with E-state index in [1.165, 1.54) is 92.2 Å². The summed E-state index contributed by atoms with van der Waals surface area (Å²) in [6, 6.07) is -6.49. The maximum Gasteiger partial charge on any atom is 0.270 e. The van der Waals surface area contributed by atoms with Crippen LogP contribution in [-0.2, 0) is 63.1 Å². The van der Waals surface area contributed by atoms with Crippen LogP contribution < -0.4 is 15.7 Å². The Kier molecular flexibility index (Phi) is 28.0. The molecule has 1 aromatic rings. The summed E-state index contributed by atoms with van der Waals surface area (Å²) < 4.78 is 0. The van der Waals surface area contributed by atoms with Gasteiger partial charge >= 0.3 is 0 Å². The Hall–Kier alpha value is -7.50. The third-order valence-corrected chi connectivity index (χ3v) is 20.5. The second kappa shape index (κ2) is 33.1. The number of anilines is 1. The molecule has 0 saturated carbocycles. The Morgan fingerprint density at radius 3 is 1.36 bits per heavy atom. The highest BCUT2D eigenvalue weighted by Crippen LogP contribution is 2.52. The van der Waals surface area contributed by atoms with Gasteiger partial charge in [-0.2, -0.15) is 0 Å². The molecule has 552 valence electrons. The molecule has 0 aromatic heterocycles. The van der Waals surface area contributed by atoms with Gasteiger partial charge in [-0.05, 0) is 61.3 Å². The Morgan fingerprint density at radius 2 is 0.878 bits per heavy atom. The van der Waals surface area contributed by atoms with Gasteiger partial charge in [-0.15, -0.1) is 0 Å². The van der Waals surface area contributed by atoms with Crippen molar-refractivity contribution >= 4 is 76.6 Å². The molecule has 0 aliphatic carbocycles. The quantitative estimate of drug-likeness (QED) is 0.181. The summed E-state index contributed by atoms with van der Waals surface area (Å²) in [7, 11) is 11.7. The van der Waals surface area contributed by atoms with Crippen LogP contribution in [0, 0.1) is 41.4 Å². The summed E-state index contributed by atoms with van der Waals surface area (Å²) in [4.78, 5) is 190. The highest BCUT2D eigenvalue weighted by molar-refractivity contribution is 6.00. The molecule has 1 aromatic carbocycles. The maximum absolute atomic E-state index is 15.5. The first kappa shape index (κ1) is 82.9. The van der Waals surface area contributed by atoms with E-state index in [0.717, 1.165) is 41.3 Å². The molecule has 0 spiro atoms. The number of hydroxylamine groups is 1. The average Bonchev–Trinajstić information content (AvgIpc) is 1.54. The van der Waals surface area contributed by atoms with Crippen molar-refractivity contribution in [3.05, 3.63) is 29.8 Å². The first-order chi connectivity index (χ1) is 45.2. The molecule has 29 heteroatoms. The third-order valence-electron chi connectivity index (χ3n) is 20.5. The zero-order chi connectivity index (χ0) is 75.3. The van der Waals surface area contributed by atoms with Crippen molar-refractivity contribution < 1.29 is 78.1 Å². The van der Waals surface area contributed by atoms with E-state index in [0.29, 0.717) is 22.8 Å². The molecule has 0 bridgehead atoms. The van der Waals surface area contributed by atoms with Crippen LogP contribution in [0.4, 0.5) is 5.69 Å². The van der Waals surface area contributed by atoms with E-state index in [9.17, 15) is 49.3 Å². The molecule has 4 rings (SSSR count). The molecule has 3 heterocycles. The summed E-state index contributed by atoms with van der Waals surface area (Å²) in [5.41, 5.74) is -3.81. The number of rotatable bonds is 11. The Balaban J connectivity index is 1.97. The number of hydrogen-bond acceptors (Lipinski definition) is 17. The third kappa shape index (κ3) is 16.9. The molecule has 1 unspecified atom stereocenters. The fraction of sp³-hybridized carbons (Fsp3) is 0.739. The van der Waals surface area contributed by atoms with Gasteiger partial charge in [0.05, 0.1) is 24.4 Å². The van der Waals surface area contributed by atoms with Gasteiger partial charge in [0.15, 0.2) is 6.17 Å². The zero-order valence-corrected chi connectivity index (χ0v) is 62.6. The lowest BCUT2D eigenvalue weighted by molar-refractivity contribution is -0.164. The van der Waals surface area contributed by atoms with Crippen LogP contribution in [0.1, 0.15) is 142 Å². The van der Waals surface area contributed by atoms with E-state index in [1.807, 2.05) is 0 Å². The molecular weight excluding hydrogens is 1270 g/mol.